The van der Waals surface area contributed by atoms with E-state index in [9.17, 15) is 4.79 Å². The lowest BCUT2D eigenvalue weighted by Crippen LogP contribution is -2.30. The van der Waals surface area contributed by atoms with Crippen LogP contribution < -0.4 is 10.6 Å². The highest BCUT2D eigenvalue weighted by molar-refractivity contribution is 7.16. The molecule has 90 valence electrons. The van der Waals surface area contributed by atoms with Crippen molar-refractivity contribution in [2.45, 2.75) is 19.9 Å². The molecule has 0 saturated heterocycles. The number of urea groups is 1. The Balaban J connectivity index is 1.89. The Hall–Kier alpha value is -1.82. The van der Waals surface area contributed by atoms with Crippen molar-refractivity contribution in [3.63, 3.8) is 0 Å². The van der Waals surface area contributed by atoms with E-state index in [2.05, 4.69) is 20.8 Å². The molecule has 2 aromatic heterocycles. The molecular formula is C11H14N4OS. The minimum atomic E-state index is -0.208. The highest BCUT2D eigenvalue weighted by Gasteiger charge is 2.10. The highest BCUT2D eigenvalue weighted by Crippen LogP contribution is 2.20. The molecule has 0 aliphatic carbocycles. The minimum absolute atomic E-state index is 0.0743. The van der Waals surface area contributed by atoms with Gasteiger partial charge in [-0.2, -0.15) is 5.10 Å². The maximum absolute atomic E-state index is 11.7. The second-order valence-corrected chi connectivity index (χ2v) is 5.05. The van der Waals surface area contributed by atoms with Crippen molar-refractivity contribution in [1.82, 2.24) is 15.5 Å². The number of H-pyrrole nitrogens is 1. The lowest BCUT2D eigenvalue weighted by Gasteiger charge is -2.12. The largest absolute Gasteiger partial charge is 0.331 e. The zero-order valence-corrected chi connectivity index (χ0v) is 10.5. The van der Waals surface area contributed by atoms with Gasteiger partial charge in [-0.05, 0) is 26.0 Å². The van der Waals surface area contributed by atoms with Crippen LogP contribution in [-0.2, 0) is 0 Å². The molecule has 2 rings (SSSR count). The average Bonchev–Trinajstić information content (AvgIpc) is 2.89. The fourth-order valence-corrected chi connectivity index (χ4v) is 2.19. The third-order valence-corrected chi connectivity index (χ3v) is 3.26. The number of aryl methyl sites for hydroxylation is 1. The molecule has 17 heavy (non-hydrogen) atoms. The zero-order chi connectivity index (χ0) is 12.3. The maximum atomic E-state index is 11.7. The molecule has 5 nitrogen and oxygen atoms in total. The summed E-state index contributed by atoms with van der Waals surface area (Å²) in [6.07, 6.45) is 3.46. The van der Waals surface area contributed by atoms with Gasteiger partial charge in [-0.15, -0.1) is 11.3 Å². The average molecular weight is 250 g/mol. The van der Waals surface area contributed by atoms with Crippen LogP contribution in [-0.4, -0.2) is 16.2 Å². The zero-order valence-electron chi connectivity index (χ0n) is 9.65. The van der Waals surface area contributed by atoms with Crippen LogP contribution in [0.4, 0.5) is 9.80 Å². The first-order valence-electron chi connectivity index (χ1n) is 5.28. The Morgan fingerprint density at radius 1 is 1.53 bits per heavy atom. The van der Waals surface area contributed by atoms with Gasteiger partial charge in [0.15, 0.2) is 0 Å². The number of anilines is 1. The van der Waals surface area contributed by atoms with Gasteiger partial charge in [0, 0.05) is 16.6 Å². The van der Waals surface area contributed by atoms with Crippen LogP contribution in [0.1, 0.15) is 23.4 Å². The molecule has 0 bridgehead atoms. The molecule has 6 heteroatoms. The van der Waals surface area contributed by atoms with Crippen LogP contribution in [0.15, 0.2) is 24.5 Å². The standard InChI is InChI=1S/C11H14N4OS/c1-7-3-4-10(17-7)15-11(16)14-8(2)9-5-12-13-6-9/h3-6,8H,1-2H3,(H,12,13)(H2,14,15,16)/t8-/m1/s1. The van der Waals surface area contributed by atoms with E-state index >= 15 is 0 Å². The van der Waals surface area contributed by atoms with E-state index in [1.54, 1.807) is 23.7 Å². The van der Waals surface area contributed by atoms with Crippen LogP contribution in [0.3, 0.4) is 0 Å². The predicted octanol–water partition coefficient (Wildman–Crippen LogP) is 2.66. The normalized spacial score (nSPS) is 12.1. The second kappa shape index (κ2) is 5.01. The summed E-state index contributed by atoms with van der Waals surface area (Å²) in [4.78, 5) is 12.9. The Labute approximate surface area is 103 Å². The van der Waals surface area contributed by atoms with Crippen LogP contribution in [0.2, 0.25) is 0 Å². The fraction of sp³-hybridized carbons (Fsp3) is 0.273. The van der Waals surface area contributed by atoms with E-state index in [0.717, 1.165) is 10.6 Å². The van der Waals surface area contributed by atoms with Crippen molar-refractivity contribution in [2.24, 2.45) is 0 Å². The van der Waals surface area contributed by atoms with E-state index < -0.39 is 0 Å². The van der Waals surface area contributed by atoms with E-state index in [4.69, 9.17) is 0 Å². The fourth-order valence-electron chi connectivity index (χ4n) is 1.43. The molecule has 0 fully saturated rings. The summed E-state index contributed by atoms with van der Waals surface area (Å²) >= 11 is 1.55. The number of amides is 2. The van der Waals surface area contributed by atoms with Gasteiger partial charge in [0.2, 0.25) is 0 Å². The molecule has 2 heterocycles. The topological polar surface area (TPSA) is 69.8 Å². The van der Waals surface area contributed by atoms with E-state index in [1.165, 1.54) is 4.88 Å². The first-order chi connectivity index (χ1) is 8.15. The molecule has 2 amide bonds. The first-order valence-corrected chi connectivity index (χ1v) is 6.09. The van der Waals surface area contributed by atoms with Gasteiger partial charge in [0.1, 0.15) is 0 Å². The number of aromatic nitrogens is 2. The van der Waals surface area contributed by atoms with Crippen molar-refractivity contribution in [1.29, 1.82) is 0 Å². The second-order valence-electron chi connectivity index (χ2n) is 3.76. The number of carbonyl (C=O) groups excluding carboxylic acids is 1. The molecule has 2 aromatic rings. The van der Waals surface area contributed by atoms with Gasteiger partial charge in [-0.1, -0.05) is 0 Å². The molecule has 3 N–H and O–H groups in total. The number of carbonyl (C=O) groups is 1. The molecule has 0 spiro atoms. The molecule has 0 aliphatic heterocycles. The minimum Gasteiger partial charge on any atom is -0.331 e. The van der Waals surface area contributed by atoms with Gasteiger partial charge in [-0.3, -0.25) is 10.4 Å². The van der Waals surface area contributed by atoms with Crippen LogP contribution in [0, 0.1) is 6.92 Å². The summed E-state index contributed by atoms with van der Waals surface area (Å²) in [5.74, 6) is 0. The molecule has 0 unspecified atom stereocenters. The summed E-state index contributed by atoms with van der Waals surface area (Å²) in [6.45, 7) is 3.91. The molecule has 0 radical (unpaired) electrons. The lowest BCUT2D eigenvalue weighted by atomic mass is 10.2. The van der Waals surface area contributed by atoms with Crippen molar-refractivity contribution in [2.75, 3.05) is 5.32 Å². The Bertz CT molecular complexity index is 491. The summed E-state index contributed by atoms with van der Waals surface area (Å²) in [7, 11) is 0. The van der Waals surface area contributed by atoms with Crippen LogP contribution in [0.25, 0.3) is 0 Å². The van der Waals surface area contributed by atoms with Gasteiger partial charge in [-0.25, -0.2) is 4.79 Å². The Kier molecular flexibility index (Phi) is 3.43. The number of nitrogens with zero attached hydrogens (tertiary/aromatic N) is 1. The Morgan fingerprint density at radius 2 is 2.35 bits per heavy atom. The first kappa shape index (κ1) is 11.7. The third-order valence-electron chi connectivity index (χ3n) is 2.34. The number of thiophene rings is 1. The number of hydrogen-bond donors (Lipinski definition) is 3. The Morgan fingerprint density at radius 3 is 2.94 bits per heavy atom. The maximum Gasteiger partial charge on any atom is 0.320 e. The number of rotatable bonds is 3. The predicted molar refractivity (Wildman–Crippen MR) is 68.2 cm³/mol. The van der Waals surface area contributed by atoms with Gasteiger partial charge in [0.25, 0.3) is 0 Å². The van der Waals surface area contributed by atoms with Gasteiger partial charge in [0.05, 0.1) is 17.2 Å². The molecule has 0 saturated carbocycles. The van der Waals surface area contributed by atoms with Crippen molar-refractivity contribution >= 4 is 22.4 Å². The number of aromatic amines is 1. The van der Waals surface area contributed by atoms with Crippen molar-refractivity contribution in [3.8, 4) is 0 Å². The highest BCUT2D eigenvalue weighted by atomic mass is 32.1. The molecular weight excluding hydrogens is 236 g/mol. The van der Waals surface area contributed by atoms with Crippen molar-refractivity contribution < 1.29 is 4.79 Å². The van der Waals surface area contributed by atoms with Crippen LogP contribution in [0.5, 0.6) is 0 Å². The smallest absolute Gasteiger partial charge is 0.320 e. The van der Waals surface area contributed by atoms with Crippen LogP contribution >= 0.6 is 11.3 Å². The van der Waals surface area contributed by atoms with E-state index in [0.29, 0.717) is 0 Å². The van der Waals surface area contributed by atoms with E-state index in [1.807, 2.05) is 26.0 Å². The monoisotopic (exact) mass is 250 g/mol. The summed E-state index contributed by atoms with van der Waals surface area (Å²) in [6, 6.07) is 3.58. The lowest BCUT2D eigenvalue weighted by molar-refractivity contribution is 0.249. The van der Waals surface area contributed by atoms with E-state index in [-0.39, 0.29) is 12.1 Å². The third kappa shape index (κ3) is 3.07. The van der Waals surface area contributed by atoms with Gasteiger partial charge < -0.3 is 5.32 Å². The van der Waals surface area contributed by atoms with Gasteiger partial charge >= 0.3 is 6.03 Å². The van der Waals surface area contributed by atoms with Crippen molar-refractivity contribution in [3.05, 3.63) is 35.0 Å². The summed E-state index contributed by atoms with van der Waals surface area (Å²) < 4.78 is 0. The summed E-state index contributed by atoms with van der Waals surface area (Å²) in [5.41, 5.74) is 0.947. The molecule has 1 atom stereocenters. The summed E-state index contributed by atoms with van der Waals surface area (Å²) in [5, 5.41) is 13.0. The number of hydrogen-bond acceptors (Lipinski definition) is 3. The number of nitrogens with one attached hydrogen (secondary N) is 3. The quantitative estimate of drug-likeness (QED) is 0.783. The molecule has 0 aromatic carbocycles. The SMILES string of the molecule is Cc1ccc(NC(=O)N[C@H](C)c2cn[nH]c2)s1. The molecule has 0 aliphatic rings.